The zero-order chi connectivity index (χ0) is 14.8. The summed E-state index contributed by atoms with van der Waals surface area (Å²) in [6, 6.07) is 18.4. The van der Waals surface area contributed by atoms with Crippen molar-refractivity contribution in [3.8, 4) is 21.6 Å². The number of nitrogen functional groups attached to an aromatic ring is 1. The van der Waals surface area contributed by atoms with E-state index in [1.807, 2.05) is 42.5 Å². The Balaban J connectivity index is 2.06. The van der Waals surface area contributed by atoms with Crippen LogP contribution in [-0.2, 0) is 0 Å². The van der Waals surface area contributed by atoms with Gasteiger partial charge in [0.15, 0.2) is 0 Å². The molecule has 3 aromatic rings. The normalized spacial score (nSPS) is 10.5. The van der Waals surface area contributed by atoms with Crippen molar-refractivity contribution in [1.82, 2.24) is 0 Å². The minimum absolute atomic E-state index is 0.0689. The molecule has 0 aliphatic rings. The molecule has 2 aromatic carbocycles. The first kappa shape index (κ1) is 13.3. The quantitative estimate of drug-likeness (QED) is 0.568. The number of rotatable bonds is 3. The smallest absolute Gasteiger partial charge is 0.270 e. The lowest BCUT2D eigenvalue weighted by atomic mass is 10.1. The molecule has 0 saturated heterocycles. The number of nitrogens with two attached hydrogens (primary N) is 1. The van der Waals surface area contributed by atoms with Crippen molar-refractivity contribution in [1.29, 1.82) is 0 Å². The number of thiophene rings is 1. The van der Waals surface area contributed by atoms with Crippen LogP contribution in [0.4, 0.5) is 10.7 Å². The van der Waals surface area contributed by atoms with E-state index in [9.17, 15) is 10.1 Å². The van der Waals surface area contributed by atoms with Gasteiger partial charge in [-0.1, -0.05) is 42.5 Å². The van der Waals surface area contributed by atoms with Gasteiger partial charge in [-0.2, -0.15) is 0 Å². The molecule has 0 aliphatic heterocycles. The molecule has 0 unspecified atom stereocenters. The zero-order valence-corrected chi connectivity index (χ0v) is 11.8. The third-order valence-corrected chi connectivity index (χ3v) is 4.20. The molecule has 0 amide bonds. The van der Waals surface area contributed by atoms with E-state index in [1.54, 1.807) is 12.1 Å². The van der Waals surface area contributed by atoms with Gasteiger partial charge in [-0.15, -0.1) is 11.3 Å². The summed E-state index contributed by atoms with van der Waals surface area (Å²) in [5.41, 5.74) is 8.84. The van der Waals surface area contributed by atoms with Gasteiger partial charge in [-0.25, -0.2) is 0 Å². The van der Waals surface area contributed by atoms with Crippen LogP contribution in [0, 0.1) is 10.1 Å². The second kappa shape index (κ2) is 5.38. The van der Waals surface area contributed by atoms with Crippen molar-refractivity contribution in [3.05, 3.63) is 70.8 Å². The second-order valence-corrected chi connectivity index (χ2v) is 5.65. The van der Waals surface area contributed by atoms with Crippen LogP contribution >= 0.6 is 11.3 Å². The summed E-state index contributed by atoms with van der Waals surface area (Å²) < 4.78 is 0. The Hall–Kier alpha value is -2.66. The van der Waals surface area contributed by atoms with Gasteiger partial charge in [0.25, 0.3) is 5.69 Å². The van der Waals surface area contributed by atoms with Crippen LogP contribution in [0.3, 0.4) is 0 Å². The lowest BCUT2D eigenvalue weighted by molar-refractivity contribution is -0.384. The summed E-state index contributed by atoms with van der Waals surface area (Å²) >= 11 is 1.48. The first-order chi connectivity index (χ1) is 10.1. The molecule has 3 rings (SSSR count). The fourth-order valence-corrected chi connectivity index (χ4v) is 3.12. The van der Waals surface area contributed by atoms with Crippen LogP contribution in [-0.4, -0.2) is 4.92 Å². The highest BCUT2D eigenvalue weighted by Crippen LogP contribution is 2.39. The predicted octanol–water partition coefficient (Wildman–Crippen LogP) is 4.57. The predicted molar refractivity (Wildman–Crippen MR) is 86.3 cm³/mol. The number of hydrogen-bond acceptors (Lipinski definition) is 4. The number of anilines is 1. The lowest BCUT2D eigenvalue weighted by Gasteiger charge is -1.99. The van der Waals surface area contributed by atoms with E-state index in [2.05, 4.69) is 0 Å². The Kier molecular flexibility index (Phi) is 3.41. The molecule has 0 radical (unpaired) electrons. The van der Waals surface area contributed by atoms with Crippen molar-refractivity contribution in [2.45, 2.75) is 0 Å². The average molecular weight is 296 g/mol. The van der Waals surface area contributed by atoms with Gasteiger partial charge < -0.3 is 5.73 Å². The average Bonchev–Trinajstić information content (AvgIpc) is 2.90. The standard InChI is InChI=1S/C16H12N2O2S/c17-16-14(12-7-4-8-13(9-12)18(19)20)10-15(21-16)11-5-2-1-3-6-11/h1-10H,17H2. The summed E-state index contributed by atoms with van der Waals surface area (Å²) in [6.07, 6.45) is 0. The molecule has 1 aromatic heterocycles. The summed E-state index contributed by atoms with van der Waals surface area (Å²) in [5, 5.41) is 11.5. The van der Waals surface area contributed by atoms with Crippen LogP contribution in [0.15, 0.2) is 60.7 Å². The van der Waals surface area contributed by atoms with Gasteiger partial charge in [-0.05, 0) is 17.2 Å². The number of nitrogens with zero attached hydrogens (tertiary/aromatic N) is 1. The van der Waals surface area contributed by atoms with Gasteiger partial charge in [0.1, 0.15) is 0 Å². The van der Waals surface area contributed by atoms with Crippen molar-refractivity contribution in [3.63, 3.8) is 0 Å². The van der Waals surface area contributed by atoms with Crippen LogP contribution in [0.25, 0.3) is 21.6 Å². The summed E-state index contributed by atoms with van der Waals surface area (Å²) in [6.45, 7) is 0. The Labute approximate surface area is 125 Å². The number of nitro groups is 1. The molecule has 4 nitrogen and oxygen atoms in total. The minimum atomic E-state index is -0.399. The summed E-state index contributed by atoms with van der Waals surface area (Å²) in [4.78, 5) is 11.5. The molecule has 1 heterocycles. The molecule has 0 aliphatic carbocycles. The van der Waals surface area contributed by atoms with E-state index >= 15 is 0 Å². The Morgan fingerprint density at radius 3 is 2.38 bits per heavy atom. The summed E-state index contributed by atoms with van der Waals surface area (Å²) in [5.74, 6) is 0. The Morgan fingerprint density at radius 2 is 1.67 bits per heavy atom. The molecule has 5 heteroatoms. The van der Waals surface area contributed by atoms with Gasteiger partial charge in [0.05, 0.1) is 9.92 Å². The van der Waals surface area contributed by atoms with Gasteiger partial charge in [0.2, 0.25) is 0 Å². The van der Waals surface area contributed by atoms with E-state index in [-0.39, 0.29) is 5.69 Å². The Bertz CT molecular complexity index is 797. The maximum atomic E-state index is 10.9. The topological polar surface area (TPSA) is 69.2 Å². The molecule has 0 atom stereocenters. The van der Waals surface area contributed by atoms with E-state index in [0.29, 0.717) is 5.00 Å². The van der Waals surface area contributed by atoms with Gasteiger partial charge in [-0.3, -0.25) is 10.1 Å². The molecular weight excluding hydrogens is 284 g/mol. The molecular formula is C16H12N2O2S. The van der Waals surface area contributed by atoms with Crippen molar-refractivity contribution in [2.75, 3.05) is 5.73 Å². The largest absolute Gasteiger partial charge is 0.390 e. The van der Waals surface area contributed by atoms with Crippen molar-refractivity contribution >= 4 is 22.0 Å². The maximum absolute atomic E-state index is 10.9. The fourth-order valence-electron chi connectivity index (χ4n) is 2.16. The Morgan fingerprint density at radius 1 is 0.952 bits per heavy atom. The molecule has 2 N–H and O–H groups in total. The monoisotopic (exact) mass is 296 g/mol. The van der Waals surface area contributed by atoms with Gasteiger partial charge in [0, 0.05) is 22.6 Å². The van der Waals surface area contributed by atoms with Crippen LogP contribution in [0.1, 0.15) is 0 Å². The van der Waals surface area contributed by atoms with E-state index in [4.69, 9.17) is 5.73 Å². The maximum Gasteiger partial charge on any atom is 0.270 e. The number of hydrogen-bond donors (Lipinski definition) is 1. The fraction of sp³-hybridized carbons (Fsp3) is 0. The lowest BCUT2D eigenvalue weighted by Crippen LogP contribution is -1.89. The van der Waals surface area contributed by atoms with Crippen molar-refractivity contribution < 1.29 is 4.92 Å². The third kappa shape index (κ3) is 2.64. The van der Waals surface area contributed by atoms with Crippen LogP contribution < -0.4 is 5.73 Å². The molecule has 21 heavy (non-hydrogen) atoms. The highest BCUT2D eigenvalue weighted by atomic mass is 32.1. The first-order valence-electron chi connectivity index (χ1n) is 6.35. The molecule has 0 spiro atoms. The van der Waals surface area contributed by atoms with Crippen molar-refractivity contribution in [2.24, 2.45) is 0 Å². The number of benzene rings is 2. The SMILES string of the molecule is Nc1sc(-c2ccccc2)cc1-c1cccc([N+](=O)[O-])c1. The van der Waals surface area contributed by atoms with Crippen LogP contribution in [0.5, 0.6) is 0 Å². The highest BCUT2D eigenvalue weighted by molar-refractivity contribution is 7.19. The number of non-ortho nitro benzene ring substituents is 1. The van der Waals surface area contributed by atoms with E-state index < -0.39 is 4.92 Å². The van der Waals surface area contributed by atoms with E-state index in [1.165, 1.54) is 17.4 Å². The summed E-state index contributed by atoms with van der Waals surface area (Å²) in [7, 11) is 0. The van der Waals surface area contributed by atoms with Crippen LogP contribution in [0.2, 0.25) is 0 Å². The van der Waals surface area contributed by atoms with Gasteiger partial charge >= 0.3 is 0 Å². The van der Waals surface area contributed by atoms with E-state index in [0.717, 1.165) is 21.6 Å². The highest BCUT2D eigenvalue weighted by Gasteiger charge is 2.13. The molecule has 104 valence electrons. The minimum Gasteiger partial charge on any atom is -0.390 e. The third-order valence-electron chi connectivity index (χ3n) is 3.19. The zero-order valence-electron chi connectivity index (χ0n) is 11.0. The molecule has 0 saturated carbocycles. The molecule has 0 fully saturated rings. The second-order valence-electron chi connectivity index (χ2n) is 4.56. The molecule has 0 bridgehead atoms. The number of nitro benzene ring substituents is 1. The first-order valence-corrected chi connectivity index (χ1v) is 7.16.